The third-order valence-corrected chi connectivity index (χ3v) is 10.0. The number of aromatic amines is 1. The summed E-state index contributed by atoms with van der Waals surface area (Å²) in [6.45, 7) is 4.84. The number of aromatic nitrogens is 2. The maximum Gasteiger partial charge on any atom is 0.303 e. The minimum atomic E-state index is -0.691. The molecule has 2 amide bonds. The van der Waals surface area contributed by atoms with E-state index in [-0.39, 0.29) is 43.3 Å². The lowest BCUT2D eigenvalue weighted by atomic mass is 9.94. The number of nitrogens with one attached hydrogen (secondary N) is 3. The van der Waals surface area contributed by atoms with Gasteiger partial charge in [0.15, 0.2) is 0 Å². The van der Waals surface area contributed by atoms with Crippen molar-refractivity contribution >= 4 is 29.4 Å². The number of amides is 2. The van der Waals surface area contributed by atoms with Crippen molar-refractivity contribution < 1.29 is 48.0 Å². The number of aliphatic carboxylic acids is 1. The fourth-order valence-electron chi connectivity index (χ4n) is 6.54. The third-order valence-electron chi connectivity index (χ3n) is 10.0. The molecule has 0 spiro atoms. The van der Waals surface area contributed by atoms with E-state index in [9.17, 15) is 24.0 Å². The smallest absolute Gasteiger partial charge is 0.303 e. The van der Waals surface area contributed by atoms with Gasteiger partial charge in [-0.25, -0.2) is 4.98 Å². The Morgan fingerprint density at radius 1 is 0.644 bits per heavy atom. The first kappa shape index (κ1) is 53.8. The molecule has 59 heavy (non-hydrogen) atoms. The van der Waals surface area contributed by atoms with E-state index in [2.05, 4.69) is 20.6 Å². The van der Waals surface area contributed by atoms with Gasteiger partial charge < -0.3 is 45.4 Å². The Morgan fingerprint density at radius 2 is 1.15 bits per heavy atom. The second kappa shape index (κ2) is 38.9. The molecule has 0 saturated carbocycles. The molecule has 340 valence electrons. The highest BCUT2D eigenvalue weighted by Crippen LogP contribution is 2.15. The Kier molecular flexibility index (Phi) is 35.5. The van der Waals surface area contributed by atoms with Crippen LogP contribution in [0.2, 0.25) is 0 Å². The second-order valence-corrected chi connectivity index (χ2v) is 15.7. The topological polar surface area (TPSA) is 221 Å². The van der Waals surface area contributed by atoms with E-state index in [1.54, 1.807) is 12.5 Å². The van der Waals surface area contributed by atoms with Gasteiger partial charge in [0, 0.05) is 63.7 Å². The number of ketones is 2. The lowest BCUT2D eigenvalue weighted by molar-refractivity contribution is -0.137. The molecule has 1 aromatic heterocycles. The van der Waals surface area contributed by atoms with E-state index in [0.29, 0.717) is 90.4 Å². The van der Waals surface area contributed by atoms with E-state index in [0.717, 1.165) is 57.1 Å². The SMILES string of the molecule is C[C@H](CCCCNC(=O)COCCOCCNC(=O)COCCOCCCC(=O)CCCCCCCCCCCCCCCCC(=O)O)CC(=O)[C@@H](N)Cc1cnc[nH]1. The first-order chi connectivity index (χ1) is 28.7. The molecular formula is C44H79N5O10. The zero-order valence-electron chi connectivity index (χ0n) is 36.3. The maximum atomic E-state index is 12.4. The van der Waals surface area contributed by atoms with Crippen LogP contribution >= 0.6 is 0 Å². The number of imidazole rings is 1. The minimum Gasteiger partial charge on any atom is -0.481 e. The van der Waals surface area contributed by atoms with Crippen LogP contribution in [-0.2, 0) is 49.3 Å². The number of hydrogen-bond donors (Lipinski definition) is 5. The molecular weight excluding hydrogens is 759 g/mol. The Bertz CT molecular complexity index is 1200. The van der Waals surface area contributed by atoms with Crippen LogP contribution in [0.15, 0.2) is 12.5 Å². The number of H-pyrrole nitrogens is 1. The molecule has 1 rings (SSSR count). The van der Waals surface area contributed by atoms with Gasteiger partial charge in [0.2, 0.25) is 11.8 Å². The zero-order valence-corrected chi connectivity index (χ0v) is 36.3. The average molecular weight is 838 g/mol. The highest BCUT2D eigenvalue weighted by Gasteiger charge is 2.17. The first-order valence-corrected chi connectivity index (χ1v) is 22.5. The van der Waals surface area contributed by atoms with Gasteiger partial charge in [-0.3, -0.25) is 24.0 Å². The van der Waals surface area contributed by atoms with Crippen molar-refractivity contribution in [2.45, 2.75) is 161 Å². The van der Waals surface area contributed by atoms with Crippen molar-refractivity contribution in [1.82, 2.24) is 20.6 Å². The summed E-state index contributed by atoms with van der Waals surface area (Å²) in [5.41, 5.74) is 6.88. The molecule has 0 aromatic carbocycles. The van der Waals surface area contributed by atoms with Gasteiger partial charge in [0.25, 0.3) is 0 Å². The number of Topliss-reactive ketones (excluding diaryl/α,β-unsaturated/α-hetero) is 2. The van der Waals surface area contributed by atoms with Crippen LogP contribution in [0.3, 0.4) is 0 Å². The number of hydrogen-bond acceptors (Lipinski definition) is 11. The molecule has 6 N–H and O–H groups in total. The molecule has 2 atom stereocenters. The van der Waals surface area contributed by atoms with E-state index >= 15 is 0 Å². The fourth-order valence-corrected chi connectivity index (χ4v) is 6.54. The summed E-state index contributed by atoms with van der Waals surface area (Å²) in [5, 5.41) is 14.2. The van der Waals surface area contributed by atoms with Gasteiger partial charge in [-0.1, -0.05) is 96.8 Å². The number of nitrogens with two attached hydrogens (primary N) is 1. The molecule has 15 heteroatoms. The number of rotatable bonds is 44. The number of unbranched alkanes of at least 4 members (excludes halogenated alkanes) is 14. The van der Waals surface area contributed by atoms with Crippen molar-refractivity contribution in [2.75, 3.05) is 65.9 Å². The van der Waals surface area contributed by atoms with Crippen molar-refractivity contribution in [3.05, 3.63) is 18.2 Å². The lowest BCUT2D eigenvalue weighted by Gasteiger charge is -2.14. The monoisotopic (exact) mass is 838 g/mol. The number of nitrogens with zero attached hydrogens (tertiary/aromatic N) is 1. The summed E-state index contributed by atoms with van der Waals surface area (Å²) in [6, 6.07) is -0.533. The van der Waals surface area contributed by atoms with Crippen LogP contribution in [0.5, 0.6) is 0 Å². The summed E-state index contributed by atoms with van der Waals surface area (Å²) < 4.78 is 21.7. The summed E-state index contributed by atoms with van der Waals surface area (Å²) in [5.74, 6) is -0.557. The largest absolute Gasteiger partial charge is 0.481 e. The molecule has 0 aliphatic heterocycles. The Morgan fingerprint density at radius 3 is 1.71 bits per heavy atom. The summed E-state index contributed by atoms with van der Waals surface area (Å²) in [6.07, 6.45) is 25.3. The zero-order chi connectivity index (χ0) is 43.0. The van der Waals surface area contributed by atoms with E-state index in [4.69, 9.17) is 29.8 Å². The molecule has 0 radical (unpaired) electrons. The molecule has 15 nitrogen and oxygen atoms in total. The van der Waals surface area contributed by atoms with Gasteiger partial charge >= 0.3 is 5.97 Å². The van der Waals surface area contributed by atoms with Crippen molar-refractivity contribution in [1.29, 1.82) is 0 Å². The Balaban J connectivity index is 1.78. The highest BCUT2D eigenvalue weighted by atomic mass is 16.5. The molecule has 0 aliphatic rings. The summed E-state index contributed by atoms with van der Waals surface area (Å²) >= 11 is 0. The number of carboxylic acids is 1. The van der Waals surface area contributed by atoms with Crippen molar-refractivity contribution in [3.63, 3.8) is 0 Å². The normalized spacial score (nSPS) is 12.3. The maximum absolute atomic E-state index is 12.4. The predicted molar refractivity (Wildman–Crippen MR) is 228 cm³/mol. The Labute approximate surface area is 353 Å². The highest BCUT2D eigenvalue weighted by molar-refractivity contribution is 5.84. The molecule has 0 aliphatic carbocycles. The fraction of sp³-hybridized carbons (Fsp3) is 0.818. The van der Waals surface area contributed by atoms with Gasteiger partial charge in [-0.05, 0) is 31.6 Å². The Hall–Kier alpha value is -3.24. The van der Waals surface area contributed by atoms with Gasteiger partial charge in [0.1, 0.15) is 24.8 Å². The van der Waals surface area contributed by atoms with Crippen molar-refractivity contribution in [3.8, 4) is 0 Å². The van der Waals surface area contributed by atoms with E-state index in [1.165, 1.54) is 57.8 Å². The van der Waals surface area contributed by atoms with E-state index in [1.807, 2.05) is 6.92 Å². The predicted octanol–water partition coefficient (Wildman–Crippen LogP) is 6.02. The van der Waals surface area contributed by atoms with Gasteiger partial charge in [-0.15, -0.1) is 0 Å². The average Bonchev–Trinajstić information content (AvgIpc) is 3.72. The lowest BCUT2D eigenvalue weighted by Crippen LogP contribution is -2.33. The van der Waals surface area contributed by atoms with Crippen LogP contribution in [0.25, 0.3) is 0 Å². The molecule has 0 fully saturated rings. The van der Waals surface area contributed by atoms with Crippen LogP contribution in [0, 0.1) is 5.92 Å². The summed E-state index contributed by atoms with van der Waals surface area (Å²) in [7, 11) is 0. The molecule has 0 saturated heterocycles. The third kappa shape index (κ3) is 36.3. The second-order valence-electron chi connectivity index (χ2n) is 15.7. The minimum absolute atomic E-state index is 0.0472. The van der Waals surface area contributed by atoms with Crippen LogP contribution in [-0.4, -0.2) is 116 Å². The van der Waals surface area contributed by atoms with Gasteiger partial charge in [0.05, 0.1) is 45.4 Å². The van der Waals surface area contributed by atoms with Crippen LogP contribution in [0.1, 0.15) is 154 Å². The van der Waals surface area contributed by atoms with E-state index < -0.39 is 12.0 Å². The first-order valence-electron chi connectivity index (χ1n) is 22.5. The van der Waals surface area contributed by atoms with Gasteiger partial charge in [-0.2, -0.15) is 0 Å². The van der Waals surface area contributed by atoms with Crippen LogP contribution < -0.4 is 16.4 Å². The van der Waals surface area contributed by atoms with Crippen molar-refractivity contribution in [2.24, 2.45) is 11.7 Å². The molecule has 0 bridgehead atoms. The quantitative estimate of drug-likeness (QED) is 0.0477. The number of ether oxygens (including phenoxy) is 4. The number of carboxylic acid groups (broad SMARTS) is 1. The molecule has 1 aromatic rings. The number of carbonyl (C=O) groups is 5. The standard InChI is InChI=1S/C44H79N5O10/c1-37(31-41(51)40(45)32-38-33-46-36-49-38)19-16-17-23-47-42(52)34-59-30-28-57-26-24-48-43(53)35-58-29-27-56-25-18-21-39(50)20-14-12-10-8-6-4-2-3-5-7-9-11-13-15-22-44(54)55/h33,36-37,40H,2-32,34-35,45H2,1H3,(H,46,49)(H,47,52)(H,48,53)(H,54,55)/t37-,40+/m1/s1. The van der Waals surface area contributed by atoms with Crippen LogP contribution in [0.4, 0.5) is 0 Å². The molecule has 0 unspecified atom stereocenters. The summed E-state index contributed by atoms with van der Waals surface area (Å²) in [4.78, 5) is 65.8. The molecule has 1 heterocycles. The number of carbonyl (C=O) groups excluding carboxylic acids is 4.